The first-order valence-corrected chi connectivity index (χ1v) is 5.05. The number of aromatic nitrogens is 1. The average Bonchev–Trinajstić information content (AvgIpc) is 2.31. The quantitative estimate of drug-likeness (QED) is 0.859. The van der Waals surface area contributed by atoms with Crippen LogP contribution in [0.25, 0.3) is 0 Å². The lowest BCUT2D eigenvalue weighted by molar-refractivity contribution is 0.507. The Bertz CT molecular complexity index is 529. The zero-order valence-electron chi connectivity index (χ0n) is 8.95. The molecule has 3 N–H and O–H groups in total. The molecule has 0 bridgehead atoms. The van der Waals surface area contributed by atoms with E-state index in [1.165, 1.54) is 6.07 Å². The van der Waals surface area contributed by atoms with E-state index in [0.717, 1.165) is 12.1 Å². The van der Waals surface area contributed by atoms with Crippen molar-refractivity contribution < 1.29 is 8.78 Å². The summed E-state index contributed by atoms with van der Waals surface area (Å²) in [6, 6.07) is 8.93. The smallest absolute Gasteiger partial charge is 0.159 e. The van der Waals surface area contributed by atoms with Gasteiger partial charge in [0.15, 0.2) is 11.6 Å². The van der Waals surface area contributed by atoms with Crippen molar-refractivity contribution in [3.8, 4) is 0 Å². The van der Waals surface area contributed by atoms with Gasteiger partial charge < -0.3 is 11.1 Å². The molecular weight excluding hydrogens is 224 g/mol. The van der Waals surface area contributed by atoms with Crippen LogP contribution in [0.5, 0.6) is 0 Å². The van der Waals surface area contributed by atoms with Crippen LogP contribution in [0.3, 0.4) is 0 Å². The molecule has 0 fully saturated rings. The van der Waals surface area contributed by atoms with Gasteiger partial charge in [0.1, 0.15) is 11.6 Å². The number of rotatable bonds is 3. The predicted molar refractivity (Wildman–Crippen MR) is 62.3 cm³/mol. The van der Waals surface area contributed by atoms with Gasteiger partial charge in [0.25, 0.3) is 0 Å². The molecule has 0 aliphatic carbocycles. The van der Waals surface area contributed by atoms with Crippen LogP contribution in [-0.4, -0.2) is 4.98 Å². The van der Waals surface area contributed by atoms with Gasteiger partial charge in [0.05, 0.1) is 0 Å². The molecule has 0 saturated carbocycles. The SMILES string of the molecule is Nc1cccc(NCc2ccc(F)c(F)c2)n1. The Morgan fingerprint density at radius 2 is 1.94 bits per heavy atom. The number of nitrogens with zero attached hydrogens (tertiary/aromatic N) is 1. The molecule has 0 unspecified atom stereocenters. The molecule has 0 aliphatic heterocycles. The third-order valence-corrected chi connectivity index (χ3v) is 2.23. The Morgan fingerprint density at radius 1 is 1.12 bits per heavy atom. The Labute approximate surface area is 97.3 Å². The normalized spacial score (nSPS) is 10.2. The number of hydrogen-bond donors (Lipinski definition) is 2. The van der Waals surface area contributed by atoms with E-state index >= 15 is 0 Å². The fourth-order valence-electron chi connectivity index (χ4n) is 1.39. The first-order valence-electron chi connectivity index (χ1n) is 5.05. The maximum Gasteiger partial charge on any atom is 0.159 e. The first-order chi connectivity index (χ1) is 8.15. The van der Waals surface area contributed by atoms with Crippen molar-refractivity contribution >= 4 is 11.6 Å². The summed E-state index contributed by atoms with van der Waals surface area (Å²) in [6.07, 6.45) is 0. The van der Waals surface area contributed by atoms with E-state index in [1.807, 2.05) is 0 Å². The maximum atomic E-state index is 12.9. The minimum atomic E-state index is -0.857. The van der Waals surface area contributed by atoms with Crippen LogP contribution in [0.1, 0.15) is 5.56 Å². The van der Waals surface area contributed by atoms with Gasteiger partial charge in [-0.3, -0.25) is 0 Å². The van der Waals surface area contributed by atoms with Crippen molar-refractivity contribution in [2.24, 2.45) is 0 Å². The summed E-state index contributed by atoms with van der Waals surface area (Å²) >= 11 is 0. The average molecular weight is 235 g/mol. The summed E-state index contributed by atoms with van der Waals surface area (Å²) in [5.74, 6) is -0.712. The molecule has 2 rings (SSSR count). The minimum Gasteiger partial charge on any atom is -0.384 e. The Kier molecular flexibility index (Phi) is 3.18. The molecule has 0 amide bonds. The number of halogens is 2. The van der Waals surface area contributed by atoms with Crippen molar-refractivity contribution in [1.82, 2.24) is 4.98 Å². The summed E-state index contributed by atoms with van der Waals surface area (Å²) in [7, 11) is 0. The molecule has 17 heavy (non-hydrogen) atoms. The highest BCUT2D eigenvalue weighted by Crippen LogP contribution is 2.11. The largest absolute Gasteiger partial charge is 0.384 e. The van der Waals surface area contributed by atoms with E-state index in [2.05, 4.69) is 10.3 Å². The van der Waals surface area contributed by atoms with Gasteiger partial charge in [0.2, 0.25) is 0 Å². The molecule has 1 aromatic carbocycles. The van der Waals surface area contributed by atoms with Gasteiger partial charge in [-0.2, -0.15) is 0 Å². The van der Waals surface area contributed by atoms with Gasteiger partial charge in [-0.1, -0.05) is 12.1 Å². The molecule has 0 saturated heterocycles. The van der Waals surface area contributed by atoms with Crippen LogP contribution in [0.15, 0.2) is 36.4 Å². The standard InChI is InChI=1S/C12H11F2N3/c13-9-5-4-8(6-10(9)14)7-16-12-3-1-2-11(15)17-12/h1-6H,7H2,(H3,15,16,17). The minimum absolute atomic E-state index is 0.355. The summed E-state index contributed by atoms with van der Waals surface area (Å²) in [5, 5.41) is 2.97. The van der Waals surface area contributed by atoms with Crippen molar-refractivity contribution in [2.75, 3.05) is 11.1 Å². The fourth-order valence-corrected chi connectivity index (χ4v) is 1.39. The Morgan fingerprint density at radius 3 is 2.65 bits per heavy atom. The number of hydrogen-bond acceptors (Lipinski definition) is 3. The van der Waals surface area contributed by atoms with E-state index in [-0.39, 0.29) is 0 Å². The fraction of sp³-hybridized carbons (Fsp3) is 0.0833. The third-order valence-electron chi connectivity index (χ3n) is 2.23. The lowest BCUT2D eigenvalue weighted by Crippen LogP contribution is -2.03. The molecular formula is C12H11F2N3. The Balaban J connectivity index is 2.05. The lowest BCUT2D eigenvalue weighted by atomic mass is 10.2. The molecule has 2 aromatic rings. The highest BCUT2D eigenvalue weighted by atomic mass is 19.2. The molecule has 0 aliphatic rings. The van der Waals surface area contributed by atoms with E-state index in [9.17, 15) is 8.78 Å². The number of pyridine rings is 1. The van der Waals surface area contributed by atoms with Crippen LogP contribution < -0.4 is 11.1 Å². The number of nitrogen functional groups attached to an aromatic ring is 1. The molecule has 3 nitrogen and oxygen atoms in total. The maximum absolute atomic E-state index is 12.9. The van der Waals surface area contributed by atoms with Gasteiger partial charge in [-0.25, -0.2) is 13.8 Å². The van der Waals surface area contributed by atoms with Crippen molar-refractivity contribution in [3.05, 3.63) is 53.6 Å². The highest BCUT2D eigenvalue weighted by Gasteiger charge is 2.02. The van der Waals surface area contributed by atoms with Crippen LogP contribution in [0.2, 0.25) is 0 Å². The summed E-state index contributed by atoms with van der Waals surface area (Å²) in [6.45, 7) is 0.355. The van der Waals surface area contributed by atoms with E-state index in [0.29, 0.717) is 23.7 Å². The van der Waals surface area contributed by atoms with Crippen LogP contribution in [0, 0.1) is 11.6 Å². The molecule has 0 spiro atoms. The van der Waals surface area contributed by atoms with Crippen LogP contribution in [0.4, 0.5) is 20.4 Å². The van der Waals surface area contributed by atoms with E-state index in [4.69, 9.17) is 5.73 Å². The van der Waals surface area contributed by atoms with E-state index in [1.54, 1.807) is 18.2 Å². The molecule has 88 valence electrons. The topological polar surface area (TPSA) is 50.9 Å². The van der Waals surface area contributed by atoms with Crippen LogP contribution >= 0.6 is 0 Å². The number of anilines is 2. The lowest BCUT2D eigenvalue weighted by Gasteiger charge is -2.06. The molecule has 1 heterocycles. The molecule has 0 radical (unpaired) electrons. The molecule has 0 atom stereocenters. The van der Waals surface area contributed by atoms with Crippen molar-refractivity contribution in [1.29, 1.82) is 0 Å². The zero-order chi connectivity index (χ0) is 12.3. The molecule has 5 heteroatoms. The van der Waals surface area contributed by atoms with Gasteiger partial charge in [-0.05, 0) is 29.8 Å². The predicted octanol–water partition coefficient (Wildman–Crippen LogP) is 2.55. The summed E-state index contributed by atoms with van der Waals surface area (Å²) in [4.78, 5) is 4.03. The number of nitrogens with two attached hydrogens (primary N) is 1. The van der Waals surface area contributed by atoms with Crippen LogP contribution in [-0.2, 0) is 6.54 Å². The van der Waals surface area contributed by atoms with Gasteiger partial charge in [0, 0.05) is 6.54 Å². The number of benzene rings is 1. The summed E-state index contributed by atoms with van der Waals surface area (Å²) < 4.78 is 25.6. The van der Waals surface area contributed by atoms with Gasteiger partial charge in [-0.15, -0.1) is 0 Å². The third kappa shape index (κ3) is 2.90. The highest BCUT2D eigenvalue weighted by molar-refractivity contribution is 5.42. The second kappa shape index (κ2) is 4.78. The summed E-state index contributed by atoms with van der Waals surface area (Å²) in [5.41, 5.74) is 6.14. The van der Waals surface area contributed by atoms with E-state index < -0.39 is 11.6 Å². The Hall–Kier alpha value is -2.17. The first kappa shape index (κ1) is 11.3. The second-order valence-electron chi connectivity index (χ2n) is 3.55. The van der Waals surface area contributed by atoms with Crippen molar-refractivity contribution in [2.45, 2.75) is 6.54 Å². The molecule has 1 aromatic heterocycles. The van der Waals surface area contributed by atoms with Crippen molar-refractivity contribution in [3.63, 3.8) is 0 Å². The monoisotopic (exact) mass is 235 g/mol. The zero-order valence-corrected chi connectivity index (χ0v) is 8.95. The number of nitrogens with one attached hydrogen (secondary N) is 1. The second-order valence-corrected chi connectivity index (χ2v) is 3.55. The van der Waals surface area contributed by atoms with Gasteiger partial charge >= 0.3 is 0 Å².